The Labute approximate surface area is 73.1 Å². The summed E-state index contributed by atoms with van der Waals surface area (Å²) in [4.78, 5) is 13.6. The molecule has 3 nitrogen and oxygen atoms in total. The van der Waals surface area contributed by atoms with Crippen LogP contribution < -0.4 is 5.32 Å². The monoisotopic (exact) mass is 168 g/mol. The smallest absolute Gasteiger partial charge is 0.219 e. The van der Waals surface area contributed by atoms with Gasteiger partial charge >= 0.3 is 0 Å². The molecule has 0 aromatic rings. The summed E-state index contributed by atoms with van der Waals surface area (Å²) in [5.74, 6) is 0.939. The van der Waals surface area contributed by atoms with E-state index in [4.69, 9.17) is 0 Å². The minimum atomic E-state index is 0.203. The second kappa shape index (κ2) is 3.05. The summed E-state index contributed by atoms with van der Waals surface area (Å²) >= 11 is 0. The van der Waals surface area contributed by atoms with Crippen molar-refractivity contribution in [2.75, 3.05) is 19.6 Å². The molecule has 2 bridgehead atoms. The van der Waals surface area contributed by atoms with E-state index in [1.54, 1.807) is 0 Å². The SMILES string of the molecule is CCC(=O)N[C@H]1CN2CC[C@H]1C2. The van der Waals surface area contributed by atoms with Crippen molar-refractivity contribution in [1.82, 2.24) is 10.2 Å². The second-order valence-electron chi connectivity index (χ2n) is 3.84. The number of rotatable bonds is 2. The molecule has 2 fully saturated rings. The number of amides is 1. The zero-order valence-electron chi connectivity index (χ0n) is 7.55. The predicted molar refractivity (Wildman–Crippen MR) is 46.8 cm³/mol. The maximum absolute atomic E-state index is 11.1. The second-order valence-corrected chi connectivity index (χ2v) is 3.84. The Hall–Kier alpha value is -0.570. The van der Waals surface area contributed by atoms with Crippen LogP contribution in [0.4, 0.5) is 0 Å². The number of nitrogens with one attached hydrogen (secondary N) is 1. The molecule has 1 N–H and O–H groups in total. The lowest BCUT2D eigenvalue weighted by Crippen LogP contribution is -2.42. The maximum Gasteiger partial charge on any atom is 0.219 e. The van der Waals surface area contributed by atoms with E-state index >= 15 is 0 Å². The van der Waals surface area contributed by atoms with Crippen LogP contribution in [0, 0.1) is 5.92 Å². The van der Waals surface area contributed by atoms with Gasteiger partial charge in [0.15, 0.2) is 0 Å². The number of hydrogen-bond donors (Lipinski definition) is 1. The van der Waals surface area contributed by atoms with Crippen LogP contribution in [0.15, 0.2) is 0 Å². The fraction of sp³-hybridized carbons (Fsp3) is 0.889. The van der Waals surface area contributed by atoms with Crippen molar-refractivity contribution in [2.45, 2.75) is 25.8 Å². The van der Waals surface area contributed by atoms with Gasteiger partial charge in [0.1, 0.15) is 0 Å². The molecule has 1 amide bonds. The number of hydrogen-bond acceptors (Lipinski definition) is 2. The van der Waals surface area contributed by atoms with Crippen molar-refractivity contribution in [1.29, 1.82) is 0 Å². The number of fused-ring (bicyclic) bond motifs is 2. The van der Waals surface area contributed by atoms with E-state index in [9.17, 15) is 4.79 Å². The van der Waals surface area contributed by atoms with Gasteiger partial charge in [0.2, 0.25) is 5.91 Å². The van der Waals surface area contributed by atoms with Gasteiger partial charge in [0.25, 0.3) is 0 Å². The molecule has 68 valence electrons. The van der Waals surface area contributed by atoms with E-state index in [0.717, 1.165) is 12.5 Å². The first kappa shape index (κ1) is 8.05. The minimum Gasteiger partial charge on any atom is -0.352 e. The van der Waals surface area contributed by atoms with Crippen molar-refractivity contribution in [2.24, 2.45) is 5.92 Å². The Morgan fingerprint density at radius 3 is 2.92 bits per heavy atom. The number of carbonyl (C=O) groups is 1. The third kappa shape index (κ3) is 1.33. The molecule has 3 atom stereocenters. The van der Waals surface area contributed by atoms with E-state index in [2.05, 4.69) is 10.2 Å². The van der Waals surface area contributed by atoms with Crippen LogP contribution in [0.2, 0.25) is 0 Å². The molecule has 2 saturated heterocycles. The first-order valence-corrected chi connectivity index (χ1v) is 4.81. The Kier molecular flexibility index (Phi) is 2.05. The van der Waals surface area contributed by atoms with Gasteiger partial charge in [-0.2, -0.15) is 0 Å². The molecular formula is C9H16N2O. The minimum absolute atomic E-state index is 0.203. The predicted octanol–water partition coefficient (Wildman–Crippen LogP) is 0.217. The molecular weight excluding hydrogens is 152 g/mol. The Morgan fingerprint density at radius 1 is 1.58 bits per heavy atom. The zero-order valence-corrected chi connectivity index (χ0v) is 7.55. The lowest BCUT2D eigenvalue weighted by atomic mass is 10.00. The lowest BCUT2D eigenvalue weighted by Gasteiger charge is -2.22. The molecule has 2 aliphatic rings. The van der Waals surface area contributed by atoms with E-state index < -0.39 is 0 Å². The lowest BCUT2D eigenvalue weighted by molar-refractivity contribution is -0.121. The quantitative estimate of drug-likeness (QED) is 0.639. The van der Waals surface area contributed by atoms with E-state index in [-0.39, 0.29) is 5.91 Å². The molecule has 12 heavy (non-hydrogen) atoms. The molecule has 2 rings (SSSR count). The Balaban J connectivity index is 1.86. The van der Waals surface area contributed by atoms with Crippen LogP contribution in [-0.2, 0) is 4.79 Å². The van der Waals surface area contributed by atoms with Crippen LogP contribution in [0.3, 0.4) is 0 Å². The van der Waals surface area contributed by atoms with E-state index in [1.807, 2.05) is 6.92 Å². The normalized spacial score (nSPS) is 38.6. The van der Waals surface area contributed by atoms with Crippen LogP contribution >= 0.6 is 0 Å². The first-order chi connectivity index (χ1) is 5.79. The summed E-state index contributed by atoms with van der Waals surface area (Å²) in [6.07, 6.45) is 1.89. The average molecular weight is 168 g/mol. The van der Waals surface area contributed by atoms with Gasteiger partial charge in [-0.3, -0.25) is 4.79 Å². The third-order valence-corrected chi connectivity index (χ3v) is 3.00. The summed E-state index contributed by atoms with van der Waals surface area (Å²) < 4.78 is 0. The Bertz CT molecular complexity index is 193. The Morgan fingerprint density at radius 2 is 2.42 bits per heavy atom. The first-order valence-electron chi connectivity index (χ1n) is 4.81. The van der Waals surface area contributed by atoms with Gasteiger partial charge in [-0.15, -0.1) is 0 Å². The highest BCUT2D eigenvalue weighted by Crippen LogP contribution is 2.27. The standard InChI is InChI=1S/C9H16N2O/c1-2-9(12)10-8-6-11-4-3-7(8)5-11/h7-8H,2-6H2,1H3,(H,10,12)/t7-,8-/m0/s1. The largest absolute Gasteiger partial charge is 0.352 e. The molecule has 3 heteroatoms. The molecule has 0 saturated carbocycles. The summed E-state index contributed by atoms with van der Waals surface area (Å²) in [6, 6.07) is 0.450. The number of nitrogens with zero attached hydrogens (tertiary/aromatic N) is 1. The number of piperidine rings is 1. The third-order valence-electron chi connectivity index (χ3n) is 3.00. The van der Waals surface area contributed by atoms with E-state index in [0.29, 0.717) is 12.5 Å². The highest BCUT2D eigenvalue weighted by Gasteiger charge is 2.38. The van der Waals surface area contributed by atoms with Crippen molar-refractivity contribution >= 4 is 5.91 Å². The summed E-state index contributed by atoms with van der Waals surface area (Å²) in [5.41, 5.74) is 0. The van der Waals surface area contributed by atoms with Crippen LogP contribution in [0.1, 0.15) is 19.8 Å². The molecule has 1 unspecified atom stereocenters. The van der Waals surface area contributed by atoms with Crippen molar-refractivity contribution < 1.29 is 4.79 Å². The van der Waals surface area contributed by atoms with Gasteiger partial charge in [-0.1, -0.05) is 6.92 Å². The molecule has 2 aliphatic heterocycles. The molecule has 0 aromatic heterocycles. The summed E-state index contributed by atoms with van der Waals surface area (Å²) in [7, 11) is 0. The summed E-state index contributed by atoms with van der Waals surface area (Å²) in [5, 5.41) is 3.08. The molecule has 2 heterocycles. The number of carbonyl (C=O) groups excluding carboxylic acids is 1. The molecule has 0 spiro atoms. The van der Waals surface area contributed by atoms with E-state index in [1.165, 1.54) is 19.5 Å². The summed E-state index contributed by atoms with van der Waals surface area (Å²) in [6.45, 7) is 5.43. The van der Waals surface area contributed by atoms with Gasteiger partial charge in [0.05, 0.1) is 0 Å². The van der Waals surface area contributed by atoms with Crippen molar-refractivity contribution in [3.05, 3.63) is 0 Å². The fourth-order valence-corrected chi connectivity index (χ4v) is 2.26. The molecule has 0 radical (unpaired) electrons. The molecule has 0 aromatic carbocycles. The topological polar surface area (TPSA) is 32.3 Å². The zero-order chi connectivity index (χ0) is 8.55. The van der Waals surface area contributed by atoms with Crippen LogP contribution in [0.25, 0.3) is 0 Å². The van der Waals surface area contributed by atoms with Gasteiger partial charge in [0, 0.05) is 25.6 Å². The van der Waals surface area contributed by atoms with Gasteiger partial charge in [-0.25, -0.2) is 0 Å². The van der Waals surface area contributed by atoms with Crippen LogP contribution in [0.5, 0.6) is 0 Å². The van der Waals surface area contributed by atoms with Crippen LogP contribution in [-0.4, -0.2) is 36.5 Å². The van der Waals surface area contributed by atoms with Gasteiger partial charge in [-0.05, 0) is 18.9 Å². The highest BCUT2D eigenvalue weighted by molar-refractivity contribution is 5.75. The molecule has 0 aliphatic carbocycles. The fourth-order valence-electron chi connectivity index (χ4n) is 2.26. The maximum atomic E-state index is 11.1. The van der Waals surface area contributed by atoms with Gasteiger partial charge < -0.3 is 10.2 Å². The highest BCUT2D eigenvalue weighted by atomic mass is 16.1. The van der Waals surface area contributed by atoms with Crippen molar-refractivity contribution in [3.8, 4) is 0 Å². The average Bonchev–Trinajstić information content (AvgIpc) is 2.64. The van der Waals surface area contributed by atoms with Crippen molar-refractivity contribution in [3.63, 3.8) is 0 Å².